The summed E-state index contributed by atoms with van der Waals surface area (Å²) in [4.78, 5) is 0. The number of aromatic nitrogens is 2. The lowest BCUT2D eigenvalue weighted by Crippen LogP contribution is -2.13. The van der Waals surface area contributed by atoms with Crippen LogP contribution >= 0.6 is 0 Å². The summed E-state index contributed by atoms with van der Waals surface area (Å²) < 4.78 is 13.1. The highest BCUT2D eigenvalue weighted by atomic mass is 16.5. The Morgan fingerprint density at radius 2 is 1.67 bits per heavy atom. The molecule has 0 spiro atoms. The van der Waals surface area contributed by atoms with Crippen molar-refractivity contribution in [2.24, 2.45) is 0 Å². The molecule has 3 aromatic rings. The molecule has 0 saturated carbocycles. The van der Waals surface area contributed by atoms with Crippen LogP contribution in [-0.2, 0) is 19.6 Å². The number of nitrogens with one attached hydrogen (secondary N) is 1. The third-order valence-corrected chi connectivity index (χ3v) is 4.18. The van der Waals surface area contributed by atoms with Gasteiger partial charge in [0.1, 0.15) is 0 Å². The largest absolute Gasteiger partial charge is 0.493 e. The van der Waals surface area contributed by atoms with Gasteiger partial charge < -0.3 is 14.8 Å². The Kier molecular flexibility index (Phi) is 6.49. The molecule has 3 rings (SSSR count). The quantitative estimate of drug-likeness (QED) is 0.622. The van der Waals surface area contributed by atoms with Crippen LogP contribution < -0.4 is 14.8 Å². The van der Waals surface area contributed by atoms with Crippen LogP contribution in [0.3, 0.4) is 0 Å². The second-order valence-electron chi connectivity index (χ2n) is 6.78. The molecule has 0 fully saturated rings. The fraction of sp³-hybridized carbons (Fsp3) is 0.318. The fourth-order valence-electron chi connectivity index (χ4n) is 2.87. The molecule has 0 saturated heterocycles. The van der Waals surface area contributed by atoms with E-state index in [0.29, 0.717) is 0 Å². The van der Waals surface area contributed by atoms with Crippen molar-refractivity contribution < 1.29 is 9.47 Å². The van der Waals surface area contributed by atoms with Crippen molar-refractivity contribution >= 4 is 0 Å². The van der Waals surface area contributed by atoms with E-state index in [1.165, 1.54) is 16.7 Å². The molecule has 0 unspecified atom stereocenters. The highest BCUT2D eigenvalue weighted by molar-refractivity contribution is 5.43. The predicted molar refractivity (Wildman–Crippen MR) is 107 cm³/mol. The van der Waals surface area contributed by atoms with Crippen LogP contribution in [0.15, 0.2) is 60.9 Å². The minimum atomic E-state index is 0.124. The van der Waals surface area contributed by atoms with E-state index in [4.69, 9.17) is 9.47 Å². The van der Waals surface area contributed by atoms with Gasteiger partial charge in [0.2, 0.25) is 0 Å². The van der Waals surface area contributed by atoms with Crippen LogP contribution in [0.1, 0.15) is 30.5 Å². The summed E-state index contributed by atoms with van der Waals surface area (Å²) in [6.45, 7) is 6.40. The van der Waals surface area contributed by atoms with Crippen molar-refractivity contribution in [3.05, 3.63) is 77.6 Å². The van der Waals surface area contributed by atoms with E-state index in [9.17, 15) is 0 Å². The average Bonchev–Trinajstić information content (AvgIpc) is 3.17. The van der Waals surface area contributed by atoms with Crippen molar-refractivity contribution in [1.82, 2.24) is 15.1 Å². The molecule has 0 aliphatic carbocycles. The van der Waals surface area contributed by atoms with E-state index >= 15 is 0 Å². The van der Waals surface area contributed by atoms with Crippen LogP contribution in [-0.4, -0.2) is 23.0 Å². The summed E-state index contributed by atoms with van der Waals surface area (Å²) >= 11 is 0. The number of hydrogen-bond acceptors (Lipinski definition) is 4. The van der Waals surface area contributed by atoms with Crippen molar-refractivity contribution in [2.45, 2.75) is 39.6 Å². The molecular formula is C22H27N3O2. The van der Waals surface area contributed by atoms with Crippen LogP contribution in [0.2, 0.25) is 0 Å². The molecule has 1 aromatic heterocycles. The Morgan fingerprint density at radius 1 is 0.963 bits per heavy atom. The Hall–Kier alpha value is -2.79. The zero-order valence-electron chi connectivity index (χ0n) is 16.2. The number of hydrogen-bond donors (Lipinski definition) is 1. The Balaban J connectivity index is 1.52. The number of benzene rings is 2. The van der Waals surface area contributed by atoms with Crippen molar-refractivity contribution in [3.63, 3.8) is 0 Å². The Bertz CT molecular complexity index is 827. The highest BCUT2D eigenvalue weighted by Gasteiger charge is 2.07. The van der Waals surface area contributed by atoms with Gasteiger partial charge in [-0.05, 0) is 48.7 Å². The normalized spacial score (nSPS) is 11.0. The number of nitrogens with zero attached hydrogens (tertiary/aromatic N) is 2. The van der Waals surface area contributed by atoms with E-state index in [1.54, 1.807) is 13.3 Å². The van der Waals surface area contributed by atoms with Gasteiger partial charge in [-0.3, -0.25) is 4.68 Å². The van der Waals surface area contributed by atoms with Crippen molar-refractivity contribution in [2.75, 3.05) is 7.11 Å². The maximum atomic E-state index is 5.76. The summed E-state index contributed by atoms with van der Waals surface area (Å²) in [6.07, 6.45) is 3.90. The highest BCUT2D eigenvalue weighted by Crippen LogP contribution is 2.28. The molecule has 27 heavy (non-hydrogen) atoms. The zero-order valence-corrected chi connectivity index (χ0v) is 16.2. The van der Waals surface area contributed by atoms with Crippen LogP contribution in [0.25, 0.3) is 0 Å². The van der Waals surface area contributed by atoms with Gasteiger partial charge in [0.05, 0.1) is 19.8 Å². The van der Waals surface area contributed by atoms with E-state index < -0.39 is 0 Å². The minimum absolute atomic E-state index is 0.124. The molecular weight excluding hydrogens is 338 g/mol. The topological polar surface area (TPSA) is 48.3 Å². The second-order valence-corrected chi connectivity index (χ2v) is 6.78. The van der Waals surface area contributed by atoms with E-state index in [0.717, 1.165) is 31.1 Å². The standard InChI is InChI=1S/C22H27N3O2/c1-17(2)27-21-10-9-20(13-22(21)26-3)15-23-14-18-5-7-19(8-6-18)16-25-12-4-11-24-25/h4-13,17,23H,14-16H2,1-3H3. The summed E-state index contributed by atoms with van der Waals surface area (Å²) in [6, 6.07) is 16.6. The molecule has 0 radical (unpaired) electrons. The number of ether oxygens (including phenoxy) is 2. The number of rotatable bonds is 9. The van der Waals surface area contributed by atoms with Gasteiger partial charge in [0.25, 0.3) is 0 Å². The first kappa shape index (κ1) is 19.0. The Morgan fingerprint density at radius 3 is 2.33 bits per heavy atom. The van der Waals surface area contributed by atoms with E-state index in [1.807, 2.05) is 42.9 Å². The molecule has 5 nitrogen and oxygen atoms in total. The fourth-order valence-corrected chi connectivity index (χ4v) is 2.87. The zero-order chi connectivity index (χ0) is 19.1. The molecule has 0 amide bonds. The predicted octanol–water partition coefficient (Wildman–Crippen LogP) is 4.02. The first-order valence-corrected chi connectivity index (χ1v) is 9.23. The van der Waals surface area contributed by atoms with Crippen molar-refractivity contribution in [1.29, 1.82) is 0 Å². The van der Waals surface area contributed by atoms with Gasteiger partial charge in [-0.2, -0.15) is 5.10 Å². The number of methoxy groups -OCH3 is 1. The molecule has 1 N–H and O–H groups in total. The monoisotopic (exact) mass is 365 g/mol. The van der Waals surface area contributed by atoms with Crippen LogP contribution in [0, 0.1) is 0 Å². The van der Waals surface area contributed by atoms with Crippen molar-refractivity contribution in [3.8, 4) is 11.5 Å². The van der Waals surface area contributed by atoms with Crippen LogP contribution in [0.4, 0.5) is 0 Å². The van der Waals surface area contributed by atoms with Gasteiger partial charge in [0.15, 0.2) is 11.5 Å². The third-order valence-electron chi connectivity index (χ3n) is 4.18. The first-order chi connectivity index (χ1) is 13.1. The Labute approximate surface area is 160 Å². The lowest BCUT2D eigenvalue weighted by atomic mass is 10.1. The first-order valence-electron chi connectivity index (χ1n) is 9.23. The lowest BCUT2D eigenvalue weighted by molar-refractivity contribution is 0.230. The lowest BCUT2D eigenvalue weighted by Gasteiger charge is -2.15. The van der Waals surface area contributed by atoms with Gasteiger partial charge in [-0.25, -0.2) is 0 Å². The van der Waals surface area contributed by atoms with E-state index in [2.05, 4.69) is 40.7 Å². The summed E-state index contributed by atoms with van der Waals surface area (Å²) in [5, 5.41) is 7.72. The minimum Gasteiger partial charge on any atom is -0.493 e. The summed E-state index contributed by atoms with van der Waals surface area (Å²) in [7, 11) is 1.67. The van der Waals surface area contributed by atoms with E-state index in [-0.39, 0.29) is 6.10 Å². The molecule has 5 heteroatoms. The van der Waals surface area contributed by atoms with Gasteiger partial charge in [-0.1, -0.05) is 30.3 Å². The molecule has 0 bridgehead atoms. The second kappa shape index (κ2) is 9.24. The van der Waals surface area contributed by atoms with Gasteiger partial charge >= 0.3 is 0 Å². The molecule has 1 heterocycles. The summed E-state index contributed by atoms with van der Waals surface area (Å²) in [5.74, 6) is 1.55. The molecule has 142 valence electrons. The molecule has 0 atom stereocenters. The maximum absolute atomic E-state index is 5.76. The smallest absolute Gasteiger partial charge is 0.161 e. The summed E-state index contributed by atoms with van der Waals surface area (Å²) in [5.41, 5.74) is 3.66. The molecule has 0 aliphatic rings. The van der Waals surface area contributed by atoms with Gasteiger partial charge in [-0.15, -0.1) is 0 Å². The molecule has 0 aliphatic heterocycles. The maximum Gasteiger partial charge on any atom is 0.161 e. The van der Waals surface area contributed by atoms with Gasteiger partial charge in [0, 0.05) is 25.5 Å². The molecule has 2 aromatic carbocycles. The van der Waals surface area contributed by atoms with Crippen LogP contribution in [0.5, 0.6) is 11.5 Å². The average molecular weight is 365 g/mol. The SMILES string of the molecule is COc1cc(CNCc2ccc(Cn3cccn3)cc2)ccc1OC(C)C. The third kappa shape index (κ3) is 5.59.